The third-order valence-corrected chi connectivity index (χ3v) is 1.98. The average molecular weight is 203 g/mol. The lowest BCUT2D eigenvalue weighted by Crippen LogP contribution is -2.24. The molecule has 0 aliphatic carbocycles. The Morgan fingerprint density at radius 3 is 2.27 bits per heavy atom. The minimum atomic E-state index is 0.766. The molecule has 0 aromatic carbocycles. The lowest BCUT2D eigenvalue weighted by molar-refractivity contribution is 0.892. The Kier molecular flexibility index (Phi) is 4.03. The van der Waals surface area contributed by atoms with Crippen LogP contribution in [-0.2, 0) is 0 Å². The van der Waals surface area contributed by atoms with E-state index in [9.17, 15) is 0 Å². The summed E-state index contributed by atoms with van der Waals surface area (Å²) in [6.45, 7) is 12.9. The molecule has 3 heteroatoms. The zero-order valence-electron chi connectivity index (χ0n) is 9.40. The van der Waals surface area contributed by atoms with Crippen molar-refractivity contribution >= 4 is 5.82 Å². The van der Waals surface area contributed by atoms with Gasteiger partial charge in [-0.1, -0.05) is 12.2 Å². The highest BCUT2D eigenvalue weighted by Gasteiger charge is 2.05. The van der Waals surface area contributed by atoms with E-state index >= 15 is 0 Å². The molecule has 1 heterocycles. The number of rotatable bonds is 5. The molecule has 0 spiro atoms. The van der Waals surface area contributed by atoms with Gasteiger partial charge in [0.05, 0.1) is 0 Å². The monoisotopic (exact) mass is 203 g/mol. The molecule has 0 aliphatic heterocycles. The van der Waals surface area contributed by atoms with E-state index in [4.69, 9.17) is 0 Å². The van der Waals surface area contributed by atoms with E-state index in [1.54, 1.807) is 0 Å². The number of nitrogens with zero attached hydrogens (tertiary/aromatic N) is 3. The number of aromatic nitrogens is 2. The lowest BCUT2D eigenvalue weighted by Gasteiger charge is -2.20. The number of anilines is 1. The summed E-state index contributed by atoms with van der Waals surface area (Å²) >= 11 is 0. The highest BCUT2D eigenvalue weighted by atomic mass is 15.2. The van der Waals surface area contributed by atoms with Crippen molar-refractivity contribution in [3.05, 3.63) is 42.9 Å². The number of aryl methyl sites for hydroxylation is 2. The van der Waals surface area contributed by atoms with E-state index in [0.717, 1.165) is 30.4 Å². The highest BCUT2D eigenvalue weighted by molar-refractivity contribution is 5.41. The summed E-state index contributed by atoms with van der Waals surface area (Å²) in [5.74, 6) is 1.72. The van der Waals surface area contributed by atoms with Gasteiger partial charge < -0.3 is 4.90 Å². The molecule has 0 amide bonds. The molecule has 0 aliphatic rings. The summed E-state index contributed by atoms with van der Waals surface area (Å²) in [5.41, 5.74) is 0.982. The van der Waals surface area contributed by atoms with Crippen LogP contribution in [0.4, 0.5) is 5.82 Å². The molecular weight excluding hydrogens is 186 g/mol. The van der Waals surface area contributed by atoms with Crippen molar-refractivity contribution in [1.29, 1.82) is 0 Å². The first kappa shape index (κ1) is 11.4. The van der Waals surface area contributed by atoms with Gasteiger partial charge in [0.25, 0.3) is 0 Å². The van der Waals surface area contributed by atoms with Crippen molar-refractivity contribution in [3.8, 4) is 0 Å². The largest absolute Gasteiger partial charge is 0.349 e. The van der Waals surface area contributed by atoms with Crippen LogP contribution in [0.5, 0.6) is 0 Å². The van der Waals surface area contributed by atoms with Crippen molar-refractivity contribution in [2.45, 2.75) is 13.8 Å². The molecule has 0 N–H and O–H groups in total. The van der Waals surface area contributed by atoms with Gasteiger partial charge in [0.15, 0.2) is 0 Å². The van der Waals surface area contributed by atoms with Crippen LogP contribution in [0.2, 0.25) is 0 Å². The van der Waals surface area contributed by atoms with Gasteiger partial charge in [-0.05, 0) is 13.8 Å². The zero-order valence-corrected chi connectivity index (χ0v) is 9.40. The van der Waals surface area contributed by atoms with Gasteiger partial charge >= 0.3 is 0 Å². The van der Waals surface area contributed by atoms with Crippen LogP contribution < -0.4 is 4.90 Å². The minimum Gasteiger partial charge on any atom is -0.349 e. The Hall–Kier alpha value is -1.64. The summed E-state index contributed by atoms with van der Waals surface area (Å²) < 4.78 is 0. The molecule has 1 rings (SSSR count). The predicted molar refractivity (Wildman–Crippen MR) is 64.1 cm³/mol. The van der Waals surface area contributed by atoms with Gasteiger partial charge in [0, 0.05) is 24.8 Å². The molecular formula is C12H17N3. The summed E-state index contributed by atoms with van der Waals surface area (Å²) in [5, 5.41) is 0. The van der Waals surface area contributed by atoms with E-state index in [0.29, 0.717) is 0 Å². The van der Waals surface area contributed by atoms with Crippen LogP contribution in [-0.4, -0.2) is 23.1 Å². The van der Waals surface area contributed by atoms with E-state index in [1.807, 2.05) is 32.1 Å². The third kappa shape index (κ3) is 3.20. The molecule has 0 radical (unpaired) electrons. The maximum Gasteiger partial charge on any atom is 0.133 e. The first-order valence-electron chi connectivity index (χ1n) is 4.96. The fourth-order valence-corrected chi connectivity index (χ4v) is 1.43. The van der Waals surface area contributed by atoms with Gasteiger partial charge in [0.2, 0.25) is 0 Å². The van der Waals surface area contributed by atoms with Crippen molar-refractivity contribution in [2.75, 3.05) is 18.0 Å². The van der Waals surface area contributed by atoms with Gasteiger partial charge in [0.1, 0.15) is 11.6 Å². The van der Waals surface area contributed by atoms with E-state index in [1.165, 1.54) is 0 Å². The van der Waals surface area contributed by atoms with Crippen molar-refractivity contribution < 1.29 is 0 Å². The van der Waals surface area contributed by atoms with Crippen LogP contribution in [0.15, 0.2) is 31.4 Å². The quantitative estimate of drug-likeness (QED) is 0.687. The van der Waals surface area contributed by atoms with Gasteiger partial charge in [-0.25, -0.2) is 9.97 Å². The second-order valence-electron chi connectivity index (χ2n) is 3.40. The molecule has 0 bridgehead atoms. The van der Waals surface area contributed by atoms with E-state index in [2.05, 4.69) is 28.0 Å². The number of hydrogen-bond acceptors (Lipinski definition) is 3. The average Bonchev–Trinajstić information content (AvgIpc) is 2.16. The molecule has 0 unspecified atom stereocenters. The molecule has 0 saturated heterocycles. The Labute approximate surface area is 91.2 Å². The van der Waals surface area contributed by atoms with Crippen LogP contribution in [0.25, 0.3) is 0 Å². The standard InChI is InChI=1S/C12H17N3/c1-5-7-15(8-6-2)12-9-10(3)13-11(4)14-12/h5-6,9H,1-2,7-8H2,3-4H3. The topological polar surface area (TPSA) is 29.0 Å². The smallest absolute Gasteiger partial charge is 0.133 e. The summed E-state index contributed by atoms with van der Waals surface area (Å²) in [6.07, 6.45) is 3.71. The fourth-order valence-electron chi connectivity index (χ4n) is 1.43. The molecule has 3 nitrogen and oxygen atoms in total. The summed E-state index contributed by atoms with van der Waals surface area (Å²) in [6, 6.07) is 1.97. The Bertz CT molecular complexity index is 328. The van der Waals surface area contributed by atoms with Crippen molar-refractivity contribution in [2.24, 2.45) is 0 Å². The maximum absolute atomic E-state index is 4.39. The minimum absolute atomic E-state index is 0.766. The molecule has 0 atom stereocenters. The Balaban J connectivity index is 2.98. The molecule has 0 fully saturated rings. The number of hydrogen-bond donors (Lipinski definition) is 0. The zero-order chi connectivity index (χ0) is 11.3. The van der Waals surface area contributed by atoms with E-state index in [-0.39, 0.29) is 0 Å². The van der Waals surface area contributed by atoms with Crippen molar-refractivity contribution in [3.63, 3.8) is 0 Å². The molecule has 0 saturated carbocycles. The normalized spacial score (nSPS) is 9.73. The van der Waals surface area contributed by atoms with E-state index < -0.39 is 0 Å². The molecule has 80 valence electrons. The second kappa shape index (κ2) is 5.29. The molecule has 15 heavy (non-hydrogen) atoms. The molecule has 1 aromatic rings. The molecule has 1 aromatic heterocycles. The van der Waals surface area contributed by atoms with Crippen LogP contribution in [0.3, 0.4) is 0 Å². The van der Waals surface area contributed by atoms with Crippen LogP contribution in [0.1, 0.15) is 11.5 Å². The second-order valence-corrected chi connectivity index (χ2v) is 3.40. The van der Waals surface area contributed by atoms with Gasteiger partial charge in [-0.2, -0.15) is 0 Å². The lowest BCUT2D eigenvalue weighted by atomic mass is 10.3. The van der Waals surface area contributed by atoms with Gasteiger partial charge in [-0.15, -0.1) is 13.2 Å². The third-order valence-electron chi connectivity index (χ3n) is 1.98. The SMILES string of the molecule is C=CCN(CC=C)c1cc(C)nc(C)n1. The summed E-state index contributed by atoms with van der Waals surface area (Å²) in [7, 11) is 0. The fraction of sp³-hybridized carbons (Fsp3) is 0.333. The van der Waals surface area contributed by atoms with Crippen molar-refractivity contribution in [1.82, 2.24) is 9.97 Å². The first-order chi connectivity index (χ1) is 7.17. The highest BCUT2D eigenvalue weighted by Crippen LogP contribution is 2.12. The van der Waals surface area contributed by atoms with Crippen LogP contribution >= 0.6 is 0 Å². The summed E-state index contributed by atoms with van der Waals surface area (Å²) in [4.78, 5) is 10.7. The van der Waals surface area contributed by atoms with Gasteiger partial charge in [-0.3, -0.25) is 0 Å². The predicted octanol–water partition coefficient (Wildman–Crippen LogP) is 2.27. The maximum atomic E-state index is 4.39. The Morgan fingerprint density at radius 1 is 1.20 bits per heavy atom. The Morgan fingerprint density at radius 2 is 1.80 bits per heavy atom. The first-order valence-corrected chi connectivity index (χ1v) is 4.96. The van der Waals surface area contributed by atoms with Crippen LogP contribution in [0, 0.1) is 13.8 Å².